The van der Waals surface area contributed by atoms with Crippen LogP contribution in [0, 0.1) is 18.6 Å². The Bertz CT molecular complexity index is 617. The highest BCUT2D eigenvalue weighted by molar-refractivity contribution is 6.58. The van der Waals surface area contributed by atoms with Crippen LogP contribution in [0.25, 0.3) is 0 Å². The summed E-state index contributed by atoms with van der Waals surface area (Å²) >= 11 is 0. The highest BCUT2D eigenvalue weighted by Gasteiger charge is 2.14. The van der Waals surface area contributed by atoms with E-state index in [1.165, 1.54) is 18.2 Å². The van der Waals surface area contributed by atoms with E-state index in [4.69, 9.17) is 14.8 Å². The average molecular weight is 278 g/mol. The third-order valence-corrected chi connectivity index (χ3v) is 2.89. The first kappa shape index (κ1) is 14.5. The molecule has 0 atom stereocenters. The van der Waals surface area contributed by atoms with E-state index < -0.39 is 12.9 Å². The van der Waals surface area contributed by atoms with Gasteiger partial charge in [-0.05, 0) is 47.8 Å². The van der Waals surface area contributed by atoms with Gasteiger partial charge in [0.05, 0.1) is 0 Å². The normalized spacial score (nSPS) is 10.4. The summed E-state index contributed by atoms with van der Waals surface area (Å²) in [5, 5.41) is 18.0. The number of ether oxygens (including phenoxy) is 1. The summed E-state index contributed by atoms with van der Waals surface area (Å²) in [4.78, 5) is 0. The summed E-state index contributed by atoms with van der Waals surface area (Å²) in [6, 6.07) is 7.79. The molecule has 0 saturated carbocycles. The molecule has 2 rings (SSSR count). The lowest BCUT2D eigenvalue weighted by Gasteiger charge is -2.10. The van der Waals surface area contributed by atoms with Crippen molar-refractivity contribution in [2.24, 2.45) is 0 Å². The highest BCUT2D eigenvalue weighted by atomic mass is 19.1. The largest absolute Gasteiger partial charge is 0.489 e. The zero-order valence-corrected chi connectivity index (χ0v) is 10.8. The molecule has 0 aliphatic rings. The molecule has 0 radical (unpaired) electrons. The minimum atomic E-state index is -1.76. The number of halogens is 2. The molecular formula is C14H13BF2O3. The standard InChI is InChI=1S/C14H13BF2O3/c1-9-4-12(16)3-2-10(9)8-20-14-6-11(15(18)19)5-13(17)7-14/h2-7,18-19H,8H2,1H3. The van der Waals surface area contributed by atoms with Crippen LogP contribution in [0.2, 0.25) is 0 Å². The van der Waals surface area contributed by atoms with E-state index in [1.807, 2.05) is 0 Å². The van der Waals surface area contributed by atoms with E-state index in [0.29, 0.717) is 0 Å². The van der Waals surface area contributed by atoms with Crippen molar-refractivity contribution in [2.45, 2.75) is 13.5 Å². The van der Waals surface area contributed by atoms with Crippen molar-refractivity contribution in [2.75, 3.05) is 0 Å². The first-order valence-corrected chi connectivity index (χ1v) is 6.00. The molecule has 0 aliphatic heterocycles. The second-order valence-corrected chi connectivity index (χ2v) is 4.45. The van der Waals surface area contributed by atoms with Crippen LogP contribution >= 0.6 is 0 Å². The molecule has 0 unspecified atom stereocenters. The first-order chi connectivity index (χ1) is 9.45. The molecule has 0 aliphatic carbocycles. The van der Waals surface area contributed by atoms with Gasteiger partial charge in [0.1, 0.15) is 24.0 Å². The maximum atomic E-state index is 13.3. The third-order valence-electron chi connectivity index (χ3n) is 2.89. The molecule has 6 heteroatoms. The van der Waals surface area contributed by atoms with Gasteiger partial charge in [0, 0.05) is 6.07 Å². The summed E-state index contributed by atoms with van der Waals surface area (Å²) in [5.41, 5.74) is 1.50. The fraction of sp³-hybridized carbons (Fsp3) is 0.143. The predicted octanol–water partition coefficient (Wildman–Crippen LogP) is 1.53. The number of hydrogen-bond acceptors (Lipinski definition) is 3. The van der Waals surface area contributed by atoms with E-state index >= 15 is 0 Å². The lowest BCUT2D eigenvalue weighted by atomic mass is 9.80. The van der Waals surface area contributed by atoms with Gasteiger partial charge in [-0.2, -0.15) is 0 Å². The van der Waals surface area contributed by atoms with Crippen LogP contribution in [-0.4, -0.2) is 17.2 Å². The van der Waals surface area contributed by atoms with E-state index in [-0.39, 0.29) is 23.6 Å². The third kappa shape index (κ3) is 3.56. The fourth-order valence-electron chi connectivity index (χ4n) is 1.80. The van der Waals surface area contributed by atoms with Gasteiger partial charge in [-0.25, -0.2) is 8.78 Å². The Morgan fingerprint density at radius 3 is 2.45 bits per heavy atom. The van der Waals surface area contributed by atoms with Gasteiger partial charge >= 0.3 is 7.12 Å². The molecule has 0 fully saturated rings. The number of rotatable bonds is 4. The average Bonchev–Trinajstić information content (AvgIpc) is 2.37. The second-order valence-electron chi connectivity index (χ2n) is 4.45. The van der Waals surface area contributed by atoms with Crippen molar-refractivity contribution >= 4 is 12.6 Å². The molecule has 0 bridgehead atoms. The SMILES string of the molecule is Cc1cc(F)ccc1COc1cc(F)cc(B(O)O)c1. The zero-order valence-electron chi connectivity index (χ0n) is 10.8. The quantitative estimate of drug-likeness (QED) is 0.834. The van der Waals surface area contributed by atoms with Gasteiger partial charge < -0.3 is 14.8 Å². The zero-order chi connectivity index (χ0) is 14.7. The lowest BCUT2D eigenvalue weighted by Crippen LogP contribution is -2.30. The molecule has 2 N–H and O–H groups in total. The Hall–Kier alpha value is -1.92. The van der Waals surface area contributed by atoms with Crippen molar-refractivity contribution in [3.63, 3.8) is 0 Å². The maximum Gasteiger partial charge on any atom is 0.488 e. The number of benzene rings is 2. The van der Waals surface area contributed by atoms with Crippen LogP contribution in [-0.2, 0) is 6.61 Å². The molecule has 2 aromatic rings. The fourth-order valence-corrected chi connectivity index (χ4v) is 1.80. The second kappa shape index (κ2) is 6.03. The van der Waals surface area contributed by atoms with Gasteiger partial charge in [0.2, 0.25) is 0 Å². The molecule has 0 heterocycles. The first-order valence-electron chi connectivity index (χ1n) is 6.00. The molecule has 0 saturated heterocycles. The molecule has 3 nitrogen and oxygen atoms in total. The summed E-state index contributed by atoms with van der Waals surface area (Å²) in [6.07, 6.45) is 0. The smallest absolute Gasteiger partial charge is 0.488 e. The topological polar surface area (TPSA) is 49.7 Å². The van der Waals surface area contributed by atoms with E-state index in [9.17, 15) is 8.78 Å². The Labute approximate surface area is 115 Å². The van der Waals surface area contributed by atoms with E-state index in [1.54, 1.807) is 13.0 Å². The van der Waals surface area contributed by atoms with Crippen molar-refractivity contribution in [1.82, 2.24) is 0 Å². The van der Waals surface area contributed by atoms with Gasteiger partial charge in [0.25, 0.3) is 0 Å². The van der Waals surface area contributed by atoms with Crippen LogP contribution in [0.5, 0.6) is 5.75 Å². The minimum Gasteiger partial charge on any atom is -0.489 e. The maximum absolute atomic E-state index is 13.3. The van der Waals surface area contributed by atoms with Crippen LogP contribution in [0.3, 0.4) is 0 Å². The molecule has 0 aromatic heterocycles. The van der Waals surface area contributed by atoms with E-state index in [2.05, 4.69) is 0 Å². The van der Waals surface area contributed by atoms with Crippen molar-refractivity contribution in [1.29, 1.82) is 0 Å². The van der Waals surface area contributed by atoms with Crippen molar-refractivity contribution in [3.05, 3.63) is 59.2 Å². The van der Waals surface area contributed by atoms with E-state index in [0.717, 1.165) is 23.3 Å². The Balaban J connectivity index is 2.14. The highest BCUT2D eigenvalue weighted by Crippen LogP contribution is 2.16. The Kier molecular flexibility index (Phi) is 4.37. The molecular weight excluding hydrogens is 265 g/mol. The number of aryl methyl sites for hydroxylation is 1. The van der Waals surface area contributed by atoms with Crippen LogP contribution in [0.4, 0.5) is 8.78 Å². The van der Waals surface area contributed by atoms with Gasteiger partial charge in [0.15, 0.2) is 0 Å². The monoisotopic (exact) mass is 278 g/mol. The van der Waals surface area contributed by atoms with Crippen molar-refractivity contribution in [3.8, 4) is 5.75 Å². The summed E-state index contributed by atoms with van der Waals surface area (Å²) in [7, 11) is -1.76. The minimum absolute atomic E-state index is 0.0100. The number of hydrogen-bond donors (Lipinski definition) is 2. The van der Waals surface area contributed by atoms with Crippen LogP contribution in [0.15, 0.2) is 36.4 Å². The Morgan fingerprint density at radius 2 is 1.80 bits per heavy atom. The molecule has 0 spiro atoms. The van der Waals surface area contributed by atoms with Crippen LogP contribution < -0.4 is 10.2 Å². The molecule has 104 valence electrons. The van der Waals surface area contributed by atoms with Gasteiger partial charge in [-0.1, -0.05) is 6.07 Å². The van der Waals surface area contributed by atoms with Crippen LogP contribution in [0.1, 0.15) is 11.1 Å². The van der Waals surface area contributed by atoms with Crippen molar-refractivity contribution < 1.29 is 23.6 Å². The Morgan fingerprint density at radius 1 is 1.05 bits per heavy atom. The molecule has 0 amide bonds. The van der Waals surface area contributed by atoms with Gasteiger partial charge in [-0.3, -0.25) is 0 Å². The van der Waals surface area contributed by atoms with Gasteiger partial charge in [-0.15, -0.1) is 0 Å². The lowest BCUT2D eigenvalue weighted by molar-refractivity contribution is 0.303. The molecule has 20 heavy (non-hydrogen) atoms. The summed E-state index contributed by atoms with van der Waals surface area (Å²) in [6.45, 7) is 1.88. The predicted molar refractivity (Wildman–Crippen MR) is 71.7 cm³/mol. The molecule has 2 aromatic carbocycles. The summed E-state index contributed by atoms with van der Waals surface area (Å²) in [5.74, 6) is -0.777. The summed E-state index contributed by atoms with van der Waals surface area (Å²) < 4.78 is 31.7.